The first-order chi connectivity index (χ1) is 13.8. The van der Waals surface area contributed by atoms with Gasteiger partial charge in [-0.05, 0) is 43.3 Å². The molecule has 2 aromatic rings. The number of rotatable bonds is 7. The fraction of sp³-hybridized carbons (Fsp3) is 0.550. The molecule has 0 amide bonds. The van der Waals surface area contributed by atoms with E-state index in [0.717, 1.165) is 10.5 Å². The highest BCUT2D eigenvalue weighted by Gasteiger charge is 2.30. The van der Waals surface area contributed by atoms with E-state index < -0.39 is 10.2 Å². The maximum atomic E-state index is 12.7. The molecule has 0 N–H and O–H groups in total. The van der Waals surface area contributed by atoms with Crippen molar-refractivity contribution in [1.82, 2.24) is 22.6 Å². The second kappa shape index (κ2) is 9.09. The molecule has 1 aliphatic rings. The molecule has 3 rings (SSSR count). The molecule has 0 spiro atoms. The van der Waals surface area contributed by atoms with Crippen LogP contribution in [0.25, 0.3) is 5.69 Å². The Morgan fingerprint density at radius 3 is 2.31 bits per heavy atom. The van der Waals surface area contributed by atoms with Crippen molar-refractivity contribution in [1.29, 1.82) is 0 Å². The monoisotopic (exact) mass is 437 g/mol. The molecule has 29 heavy (non-hydrogen) atoms. The van der Waals surface area contributed by atoms with E-state index in [0.29, 0.717) is 45.9 Å². The lowest BCUT2D eigenvalue weighted by atomic mass is 10.1. The summed E-state index contributed by atoms with van der Waals surface area (Å²) < 4.78 is 33.3. The summed E-state index contributed by atoms with van der Waals surface area (Å²) in [7, 11) is -3.36. The van der Waals surface area contributed by atoms with Gasteiger partial charge in [-0.15, -0.1) is 0 Å². The van der Waals surface area contributed by atoms with E-state index in [4.69, 9.17) is 12.2 Å². The average Bonchev–Trinajstić information content (AvgIpc) is 3.05. The lowest BCUT2D eigenvalue weighted by Crippen LogP contribution is -2.53. The Balaban J connectivity index is 1.68. The summed E-state index contributed by atoms with van der Waals surface area (Å²) in [6.07, 6.45) is 4.01. The van der Waals surface area contributed by atoms with Crippen molar-refractivity contribution < 1.29 is 8.42 Å². The van der Waals surface area contributed by atoms with Crippen molar-refractivity contribution in [2.75, 3.05) is 39.3 Å². The van der Waals surface area contributed by atoms with Gasteiger partial charge >= 0.3 is 0 Å². The van der Waals surface area contributed by atoms with Crippen molar-refractivity contribution in [2.24, 2.45) is 0 Å². The quantitative estimate of drug-likeness (QED) is 0.625. The Morgan fingerprint density at radius 1 is 1.03 bits per heavy atom. The van der Waals surface area contributed by atoms with Gasteiger partial charge in [-0.25, -0.2) is 0 Å². The van der Waals surface area contributed by atoms with Gasteiger partial charge in [-0.3, -0.25) is 9.47 Å². The summed E-state index contributed by atoms with van der Waals surface area (Å²) in [6.45, 7) is 12.0. The number of aryl methyl sites for hydroxylation is 2. The van der Waals surface area contributed by atoms with Gasteiger partial charge in [-0.2, -0.15) is 17.0 Å². The van der Waals surface area contributed by atoms with Crippen LogP contribution in [0.2, 0.25) is 0 Å². The number of nitrogens with zero attached hydrogens (tertiary/aromatic N) is 5. The van der Waals surface area contributed by atoms with E-state index in [1.54, 1.807) is 4.31 Å². The minimum atomic E-state index is -3.36. The van der Waals surface area contributed by atoms with Crippen LogP contribution in [-0.2, 0) is 16.9 Å². The SMILES string of the molecule is CCN(CC)S(=O)(=O)N1CCN(Cn2ccn(-c3cc(C)ccc3C)c2=S)CC1. The zero-order valence-electron chi connectivity index (χ0n) is 17.7. The second-order valence-corrected chi connectivity index (χ2v) is 9.75. The van der Waals surface area contributed by atoms with Crippen molar-refractivity contribution >= 4 is 22.4 Å². The molecule has 1 fully saturated rings. The lowest BCUT2D eigenvalue weighted by molar-refractivity contribution is 0.147. The van der Waals surface area contributed by atoms with Crippen molar-refractivity contribution in [3.63, 3.8) is 0 Å². The molecule has 9 heteroatoms. The number of imidazole rings is 1. The maximum absolute atomic E-state index is 12.7. The molecule has 0 saturated carbocycles. The van der Waals surface area contributed by atoms with Crippen LogP contribution in [-0.4, -0.2) is 70.3 Å². The van der Waals surface area contributed by atoms with Gasteiger partial charge in [0.1, 0.15) is 0 Å². The third-order valence-corrected chi connectivity index (χ3v) is 8.13. The predicted octanol–water partition coefficient (Wildman–Crippen LogP) is 2.79. The summed E-state index contributed by atoms with van der Waals surface area (Å²) in [5, 5.41) is 0. The second-order valence-electron chi connectivity index (χ2n) is 7.46. The van der Waals surface area contributed by atoms with E-state index in [-0.39, 0.29) is 0 Å². The summed E-state index contributed by atoms with van der Waals surface area (Å²) in [5.41, 5.74) is 3.48. The Bertz CT molecular complexity index is 1000. The van der Waals surface area contributed by atoms with E-state index in [2.05, 4.69) is 36.9 Å². The van der Waals surface area contributed by atoms with Crippen LogP contribution < -0.4 is 0 Å². The smallest absolute Gasteiger partial charge is 0.282 e. The minimum Gasteiger partial charge on any atom is -0.310 e. The molecule has 1 aromatic heterocycles. The Morgan fingerprint density at radius 2 is 1.69 bits per heavy atom. The van der Waals surface area contributed by atoms with E-state index in [1.165, 1.54) is 15.4 Å². The Labute approximate surface area is 179 Å². The first-order valence-corrected chi connectivity index (χ1v) is 11.9. The average molecular weight is 438 g/mol. The Kier molecular flexibility index (Phi) is 6.95. The third kappa shape index (κ3) is 4.64. The summed E-state index contributed by atoms with van der Waals surface area (Å²) in [6, 6.07) is 6.36. The molecular weight excluding hydrogens is 406 g/mol. The van der Waals surface area contributed by atoms with E-state index in [9.17, 15) is 8.42 Å². The van der Waals surface area contributed by atoms with Gasteiger partial charge in [0.2, 0.25) is 0 Å². The molecule has 160 valence electrons. The van der Waals surface area contributed by atoms with E-state index >= 15 is 0 Å². The third-order valence-electron chi connectivity index (χ3n) is 5.51. The van der Waals surface area contributed by atoms with E-state index in [1.807, 2.05) is 35.4 Å². The largest absolute Gasteiger partial charge is 0.310 e. The molecule has 0 aliphatic carbocycles. The first-order valence-electron chi connectivity index (χ1n) is 10.1. The van der Waals surface area contributed by atoms with Gasteiger partial charge in [0.25, 0.3) is 10.2 Å². The number of aromatic nitrogens is 2. The molecule has 1 aliphatic heterocycles. The van der Waals surface area contributed by atoms with Crippen LogP contribution in [0.3, 0.4) is 0 Å². The standard InChI is InChI=1S/C20H31N5O2S2/c1-5-23(6-2)29(26,27)24-12-9-21(10-13-24)16-22-11-14-25(20(22)28)19-15-17(3)7-8-18(19)4/h7-8,11,14-15H,5-6,9-10,12-13,16H2,1-4H3. The molecule has 0 atom stereocenters. The highest BCUT2D eigenvalue weighted by molar-refractivity contribution is 7.86. The molecule has 0 unspecified atom stereocenters. The normalized spacial score (nSPS) is 16.6. The highest BCUT2D eigenvalue weighted by Crippen LogP contribution is 2.18. The van der Waals surface area contributed by atoms with Gasteiger partial charge < -0.3 is 4.57 Å². The first kappa shape index (κ1) is 22.2. The van der Waals surface area contributed by atoms with Gasteiger partial charge in [0.05, 0.1) is 12.4 Å². The zero-order chi connectivity index (χ0) is 21.2. The van der Waals surface area contributed by atoms with Crippen LogP contribution in [0.5, 0.6) is 0 Å². The number of piperazine rings is 1. The van der Waals surface area contributed by atoms with Gasteiger partial charge in [-0.1, -0.05) is 26.0 Å². The predicted molar refractivity (Wildman–Crippen MR) is 119 cm³/mol. The fourth-order valence-corrected chi connectivity index (χ4v) is 5.60. The van der Waals surface area contributed by atoms with Gasteiger partial charge in [0, 0.05) is 51.7 Å². The summed E-state index contributed by atoms with van der Waals surface area (Å²) in [4.78, 5) is 2.25. The lowest BCUT2D eigenvalue weighted by Gasteiger charge is -2.36. The van der Waals surface area contributed by atoms with Crippen molar-refractivity contribution in [2.45, 2.75) is 34.4 Å². The van der Waals surface area contributed by atoms with Crippen molar-refractivity contribution in [3.05, 3.63) is 46.5 Å². The molecule has 1 saturated heterocycles. The van der Waals surface area contributed by atoms with Crippen LogP contribution in [0.15, 0.2) is 30.6 Å². The van der Waals surface area contributed by atoms with Crippen LogP contribution in [0.4, 0.5) is 0 Å². The van der Waals surface area contributed by atoms with Gasteiger partial charge in [0.15, 0.2) is 4.77 Å². The summed E-state index contributed by atoms with van der Waals surface area (Å²) >= 11 is 5.71. The zero-order valence-corrected chi connectivity index (χ0v) is 19.3. The number of hydrogen-bond donors (Lipinski definition) is 0. The molecular formula is C20H31N5O2S2. The summed E-state index contributed by atoms with van der Waals surface area (Å²) in [5.74, 6) is 0. The molecule has 1 aromatic carbocycles. The highest BCUT2D eigenvalue weighted by atomic mass is 32.2. The molecule has 7 nitrogen and oxygen atoms in total. The number of benzene rings is 1. The van der Waals surface area contributed by atoms with Crippen molar-refractivity contribution in [3.8, 4) is 5.69 Å². The maximum Gasteiger partial charge on any atom is 0.282 e. The molecule has 0 bridgehead atoms. The Hall–Kier alpha value is -1.52. The van der Waals surface area contributed by atoms with Crippen LogP contribution in [0.1, 0.15) is 25.0 Å². The van der Waals surface area contributed by atoms with Crippen LogP contribution >= 0.6 is 12.2 Å². The fourth-order valence-electron chi connectivity index (χ4n) is 3.71. The minimum absolute atomic E-state index is 0.500. The molecule has 0 radical (unpaired) electrons. The molecule has 2 heterocycles. The van der Waals surface area contributed by atoms with Crippen LogP contribution in [0, 0.1) is 18.6 Å². The number of hydrogen-bond acceptors (Lipinski definition) is 4. The topological polar surface area (TPSA) is 53.7 Å².